The van der Waals surface area contributed by atoms with Crippen LogP contribution in [0.5, 0.6) is 0 Å². The van der Waals surface area contributed by atoms with Gasteiger partial charge in [0.15, 0.2) is 0 Å². The zero-order valence-corrected chi connectivity index (χ0v) is 15.8. The number of halogens is 1. The number of carbonyl (C=O) groups excluding carboxylic acids is 2. The predicted octanol–water partition coefficient (Wildman–Crippen LogP) is 0.728. The molecule has 10 heteroatoms. The van der Waals surface area contributed by atoms with Gasteiger partial charge >= 0.3 is 6.09 Å². The summed E-state index contributed by atoms with van der Waals surface area (Å²) in [7, 11) is 0. The molecule has 2 saturated heterocycles. The fraction of sp³-hybridized carbons (Fsp3) is 0.474. The lowest BCUT2D eigenvalue weighted by Crippen LogP contribution is -2.37. The Morgan fingerprint density at radius 2 is 2.14 bits per heavy atom. The lowest BCUT2D eigenvalue weighted by molar-refractivity contribution is -0.119. The van der Waals surface area contributed by atoms with Crippen molar-refractivity contribution in [1.29, 1.82) is 5.26 Å². The molecule has 3 N–H and O–H groups in total. The fourth-order valence-corrected chi connectivity index (χ4v) is 4.35. The van der Waals surface area contributed by atoms with E-state index in [0.29, 0.717) is 24.3 Å². The molecule has 1 saturated carbocycles. The molecule has 2 aliphatic heterocycles. The summed E-state index contributed by atoms with van der Waals surface area (Å²) < 4.78 is 20.0. The second-order valence-electron chi connectivity index (χ2n) is 7.59. The molecule has 1 aromatic rings. The first-order valence-electron chi connectivity index (χ1n) is 9.38. The van der Waals surface area contributed by atoms with E-state index in [-0.39, 0.29) is 48.5 Å². The minimum absolute atomic E-state index is 0.105. The fourth-order valence-electron chi connectivity index (χ4n) is 4.35. The van der Waals surface area contributed by atoms with Gasteiger partial charge in [0.1, 0.15) is 11.9 Å². The van der Waals surface area contributed by atoms with Crippen LogP contribution in [0.1, 0.15) is 18.4 Å². The highest BCUT2D eigenvalue weighted by atomic mass is 19.1. The predicted molar refractivity (Wildman–Crippen MR) is 101 cm³/mol. The number of rotatable bonds is 4. The maximum Gasteiger partial charge on any atom is 0.414 e. The molecule has 2 heterocycles. The summed E-state index contributed by atoms with van der Waals surface area (Å²) in [5.74, 6) is 0.307. The average Bonchev–Trinajstić information content (AvgIpc) is 3.01. The van der Waals surface area contributed by atoms with Gasteiger partial charge in [0.2, 0.25) is 18.1 Å². The molecule has 0 radical (unpaired) electrons. The average molecular weight is 400 g/mol. The molecule has 0 aromatic heterocycles. The Labute approximate surface area is 166 Å². The SMILES string of the molecule is CC(=O)NC[C@H]1CN(c2ccc(C3[C@H]4CN(/C(N)=N/C#N)C[C@@H]34)c(F)c2)C(=O)O1. The largest absolute Gasteiger partial charge is 0.442 e. The molecule has 4 rings (SSSR count). The van der Waals surface area contributed by atoms with E-state index < -0.39 is 12.2 Å². The zero-order chi connectivity index (χ0) is 20.7. The van der Waals surface area contributed by atoms with E-state index in [4.69, 9.17) is 15.7 Å². The molecular weight excluding hydrogens is 379 g/mol. The van der Waals surface area contributed by atoms with E-state index in [1.54, 1.807) is 18.3 Å². The van der Waals surface area contributed by atoms with E-state index >= 15 is 0 Å². The van der Waals surface area contributed by atoms with Crippen LogP contribution in [0.15, 0.2) is 23.2 Å². The van der Waals surface area contributed by atoms with Crippen LogP contribution in [-0.4, -0.2) is 55.1 Å². The molecule has 3 aliphatic rings. The molecule has 2 amide bonds. The van der Waals surface area contributed by atoms with Crippen molar-refractivity contribution >= 4 is 23.6 Å². The number of guanidine groups is 1. The molecule has 152 valence electrons. The summed E-state index contributed by atoms with van der Waals surface area (Å²) >= 11 is 0. The Bertz CT molecular complexity index is 917. The van der Waals surface area contributed by atoms with Crippen molar-refractivity contribution in [3.63, 3.8) is 0 Å². The number of nitrogens with one attached hydrogen (secondary N) is 1. The van der Waals surface area contributed by atoms with Crippen molar-refractivity contribution in [3.8, 4) is 6.19 Å². The number of fused-ring (bicyclic) bond motifs is 1. The number of hydrogen-bond acceptors (Lipinski definition) is 5. The number of benzene rings is 1. The number of aliphatic imine (C=N–C) groups is 1. The number of carbonyl (C=O) groups is 2. The molecule has 4 atom stereocenters. The monoisotopic (exact) mass is 400 g/mol. The first-order chi connectivity index (χ1) is 13.9. The molecular formula is C19H21FN6O3. The summed E-state index contributed by atoms with van der Waals surface area (Å²) in [4.78, 5) is 29.9. The Balaban J connectivity index is 1.40. The Morgan fingerprint density at radius 3 is 2.76 bits per heavy atom. The number of amides is 2. The Hall–Kier alpha value is -3.35. The van der Waals surface area contributed by atoms with Crippen LogP contribution >= 0.6 is 0 Å². The van der Waals surface area contributed by atoms with E-state index in [1.165, 1.54) is 17.9 Å². The summed E-state index contributed by atoms with van der Waals surface area (Å²) in [6.45, 7) is 3.16. The standard InChI is InChI=1S/C19H21FN6O3/c1-10(27)23-5-12-6-26(19(28)29-12)11-2-3-13(16(20)4-11)17-14-7-25(8-15(14)17)18(22)24-9-21/h2-4,12,14-15,17H,5-8H2,1H3,(H2,22,24)(H,23,27)/t12-,14-,15+,17?/m0/s1. The van der Waals surface area contributed by atoms with Crippen LogP contribution in [0.4, 0.5) is 14.9 Å². The van der Waals surface area contributed by atoms with Crippen LogP contribution in [0.2, 0.25) is 0 Å². The number of likely N-dealkylation sites (tertiary alicyclic amines) is 1. The van der Waals surface area contributed by atoms with Crippen LogP contribution < -0.4 is 16.0 Å². The maximum atomic E-state index is 14.8. The number of cyclic esters (lactones) is 1. The summed E-state index contributed by atoms with van der Waals surface area (Å²) in [5.41, 5.74) is 6.80. The number of piperidine rings is 1. The topological polar surface area (TPSA) is 124 Å². The van der Waals surface area contributed by atoms with Crippen molar-refractivity contribution < 1.29 is 18.7 Å². The van der Waals surface area contributed by atoms with E-state index in [1.807, 2.05) is 4.90 Å². The minimum atomic E-state index is -0.557. The third-order valence-electron chi connectivity index (χ3n) is 5.79. The number of anilines is 1. The first kappa shape index (κ1) is 19.0. The quantitative estimate of drug-likeness (QED) is 0.436. The van der Waals surface area contributed by atoms with Crippen molar-refractivity contribution in [2.75, 3.05) is 31.1 Å². The molecule has 1 aromatic carbocycles. The van der Waals surface area contributed by atoms with Gasteiger partial charge in [-0.15, -0.1) is 4.99 Å². The summed E-state index contributed by atoms with van der Waals surface area (Å²) in [5, 5.41) is 11.2. The number of nitriles is 1. The molecule has 3 fully saturated rings. The van der Waals surface area contributed by atoms with Gasteiger partial charge in [-0.25, -0.2) is 9.18 Å². The van der Waals surface area contributed by atoms with Crippen molar-refractivity contribution in [2.45, 2.75) is 18.9 Å². The second kappa shape index (κ2) is 7.24. The van der Waals surface area contributed by atoms with Crippen molar-refractivity contribution in [1.82, 2.24) is 10.2 Å². The van der Waals surface area contributed by atoms with Crippen LogP contribution in [0.25, 0.3) is 0 Å². The number of ether oxygens (including phenoxy) is 1. The van der Waals surface area contributed by atoms with Gasteiger partial charge in [-0.05, 0) is 35.4 Å². The van der Waals surface area contributed by atoms with Crippen LogP contribution in [0.3, 0.4) is 0 Å². The molecule has 0 bridgehead atoms. The third-order valence-corrected chi connectivity index (χ3v) is 5.79. The smallest absolute Gasteiger partial charge is 0.414 e. The van der Waals surface area contributed by atoms with Crippen LogP contribution in [0, 0.1) is 29.1 Å². The van der Waals surface area contributed by atoms with Crippen molar-refractivity contribution in [3.05, 3.63) is 29.6 Å². The minimum Gasteiger partial charge on any atom is -0.442 e. The summed E-state index contributed by atoms with van der Waals surface area (Å²) in [6.07, 6.45) is 0.651. The van der Waals surface area contributed by atoms with E-state index in [0.717, 1.165) is 0 Å². The normalized spacial score (nSPS) is 28.0. The van der Waals surface area contributed by atoms with Gasteiger partial charge in [0.25, 0.3) is 0 Å². The summed E-state index contributed by atoms with van der Waals surface area (Å²) in [6, 6.07) is 4.80. The number of nitrogens with two attached hydrogens (primary N) is 1. The molecule has 1 unspecified atom stereocenters. The second-order valence-corrected chi connectivity index (χ2v) is 7.59. The Morgan fingerprint density at radius 1 is 1.41 bits per heavy atom. The Kier molecular flexibility index (Phi) is 4.74. The maximum absolute atomic E-state index is 14.8. The molecule has 0 spiro atoms. The molecule has 1 aliphatic carbocycles. The first-order valence-corrected chi connectivity index (χ1v) is 9.38. The van der Waals surface area contributed by atoms with Gasteiger partial charge in [-0.2, -0.15) is 5.26 Å². The van der Waals surface area contributed by atoms with Gasteiger partial charge in [-0.1, -0.05) is 6.07 Å². The highest BCUT2D eigenvalue weighted by Crippen LogP contribution is 2.58. The van der Waals surface area contributed by atoms with Gasteiger partial charge in [0.05, 0.1) is 18.8 Å². The number of hydrogen-bond donors (Lipinski definition) is 2. The third kappa shape index (κ3) is 3.55. The van der Waals surface area contributed by atoms with E-state index in [9.17, 15) is 14.0 Å². The molecule has 29 heavy (non-hydrogen) atoms. The number of nitrogens with zero attached hydrogens (tertiary/aromatic N) is 4. The highest BCUT2D eigenvalue weighted by Gasteiger charge is 2.57. The van der Waals surface area contributed by atoms with Gasteiger partial charge in [0, 0.05) is 20.0 Å². The van der Waals surface area contributed by atoms with Crippen molar-refractivity contribution in [2.24, 2.45) is 22.6 Å². The highest BCUT2D eigenvalue weighted by molar-refractivity contribution is 5.90. The lowest BCUT2D eigenvalue weighted by atomic mass is 10.1. The zero-order valence-electron chi connectivity index (χ0n) is 15.8. The van der Waals surface area contributed by atoms with Gasteiger partial charge < -0.3 is 20.7 Å². The van der Waals surface area contributed by atoms with Gasteiger partial charge in [-0.3, -0.25) is 9.69 Å². The van der Waals surface area contributed by atoms with E-state index in [2.05, 4.69) is 10.3 Å². The lowest BCUT2D eigenvalue weighted by Gasteiger charge is -2.20. The molecule has 9 nitrogen and oxygen atoms in total. The van der Waals surface area contributed by atoms with Crippen LogP contribution in [-0.2, 0) is 9.53 Å².